The van der Waals surface area contributed by atoms with Crippen LogP contribution in [0.2, 0.25) is 0 Å². The Morgan fingerprint density at radius 1 is 1.14 bits per heavy atom. The fourth-order valence-electron chi connectivity index (χ4n) is 4.99. The Morgan fingerprint density at radius 2 is 1.82 bits per heavy atom. The van der Waals surface area contributed by atoms with Crippen LogP contribution < -0.4 is 0 Å². The smallest absolute Gasteiger partial charge is 0.256 e. The molecule has 1 spiro atoms. The minimum absolute atomic E-state index is 0.0706. The highest BCUT2D eigenvalue weighted by molar-refractivity contribution is 5.93. The number of hydrogen-bond donors (Lipinski definition) is 0. The van der Waals surface area contributed by atoms with Crippen molar-refractivity contribution in [3.8, 4) is 0 Å². The lowest BCUT2D eigenvalue weighted by atomic mass is 9.68. The van der Waals surface area contributed by atoms with Gasteiger partial charge in [-0.25, -0.2) is 9.97 Å². The maximum Gasteiger partial charge on any atom is 0.256 e. The molecule has 2 saturated heterocycles. The molecular weight excluding hydrogens is 348 g/mol. The highest BCUT2D eigenvalue weighted by Gasteiger charge is 2.42. The molecule has 1 unspecified atom stereocenters. The van der Waals surface area contributed by atoms with Crippen molar-refractivity contribution in [3.05, 3.63) is 59.7 Å². The summed E-state index contributed by atoms with van der Waals surface area (Å²) < 4.78 is 0. The predicted molar refractivity (Wildman–Crippen MR) is 110 cm³/mol. The first-order chi connectivity index (χ1) is 13.6. The second-order valence-electron chi connectivity index (χ2n) is 8.54. The number of aromatic nitrogens is 2. The molecule has 0 radical (unpaired) electrons. The quantitative estimate of drug-likeness (QED) is 0.822. The van der Waals surface area contributed by atoms with Gasteiger partial charge in [0.1, 0.15) is 5.82 Å². The van der Waals surface area contributed by atoms with Crippen LogP contribution in [0.1, 0.15) is 53.8 Å². The summed E-state index contributed by atoms with van der Waals surface area (Å²) in [4.78, 5) is 25.9. The van der Waals surface area contributed by atoms with Gasteiger partial charge in [0.2, 0.25) is 0 Å². The van der Waals surface area contributed by atoms with E-state index in [1.165, 1.54) is 12.0 Å². The summed E-state index contributed by atoms with van der Waals surface area (Å²) in [5.41, 5.74) is 2.36. The number of benzene rings is 1. The van der Waals surface area contributed by atoms with E-state index in [-0.39, 0.29) is 5.91 Å². The number of likely N-dealkylation sites (N-methyl/N-ethyl adjacent to an activating group) is 1. The number of hydrogen-bond acceptors (Lipinski definition) is 4. The van der Waals surface area contributed by atoms with Gasteiger partial charge in [0, 0.05) is 45.0 Å². The lowest BCUT2D eigenvalue weighted by molar-refractivity contribution is 0.0224. The first-order valence-electron chi connectivity index (χ1n) is 10.4. The molecule has 2 aliphatic rings. The molecule has 1 atom stereocenters. The molecule has 0 aliphatic carbocycles. The third kappa shape index (κ3) is 3.95. The Labute approximate surface area is 167 Å². The van der Waals surface area contributed by atoms with Crippen molar-refractivity contribution in [2.75, 3.05) is 33.2 Å². The third-order valence-electron chi connectivity index (χ3n) is 6.47. The van der Waals surface area contributed by atoms with Crippen molar-refractivity contribution in [1.82, 2.24) is 19.8 Å². The minimum atomic E-state index is 0.0706. The highest BCUT2D eigenvalue weighted by Crippen LogP contribution is 2.44. The van der Waals surface area contributed by atoms with Crippen LogP contribution in [0.25, 0.3) is 0 Å². The zero-order valence-corrected chi connectivity index (χ0v) is 17.0. The van der Waals surface area contributed by atoms with Crippen LogP contribution in [-0.2, 0) is 6.42 Å². The van der Waals surface area contributed by atoms with Gasteiger partial charge in [0.25, 0.3) is 5.91 Å². The van der Waals surface area contributed by atoms with Crippen LogP contribution in [0.5, 0.6) is 0 Å². The zero-order chi connectivity index (χ0) is 19.6. The first kappa shape index (κ1) is 19.1. The average molecular weight is 379 g/mol. The second kappa shape index (κ2) is 8.00. The van der Waals surface area contributed by atoms with Gasteiger partial charge in [-0.05, 0) is 43.2 Å². The van der Waals surface area contributed by atoms with Gasteiger partial charge in [-0.3, -0.25) is 4.79 Å². The van der Waals surface area contributed by atoms with Gasteiger partial charge >= 0.3 is 0 Å². The molecule has 148 valence electrons. The molecule has 0 N–H and O–H groups in total. The molecule has 4 rings (SSSR count). The number of amides is 1. The molecular formula is C23H30N4O. The molecule has 2 aliphatic heterocycles. The minimum Gasteiger partial charge on any atom is -0.339 e. The van der Waals surface area contributed by atoms with Gasteiger partial charge in [0.15, 0.2) is 0 Å². The zero-order valence-electron chi connectivity index (χ0n) is 17.0. The number of piperidine rings is 2. The number of carbonyl (C=O) groups excluding carboxylic acids is 1. The monoisotopic (exact) mass is 378 g/mol. The summed E-state index contributed by atoms with van der Waals surface area (Å²) in [6, 6.07) is 10.9. The van der Waals surface area contributed by atoms with Crippen LogP contribution in [0.15, 0.2) is 42.7 Å². The largest absolute Gasteiger partial charge is 0.339 e. The Bertz CT molecular complexity index is 797. The van der Waals surface area contributed by atoms with E-state index >= 15 is 0 Å². The fraction of sp³-hybridized carbons (Fsp3) is 0.522. The molecule has 0 bridgehead atoms. The molecule has 5 nitrogen and oxygen atoms in total. The van der Waals surface area contributed by atoms with Crippen molar-refractivity contribution in [2.45, 2.75) is 38.5 Å². The highest BCUT2D eigenvalue weighted by atomic mass is 16.2. The lowest BCUT2D eigenvalue weighted by Gasteiger charge is -2.49. The molecule has 1 aromatic heterocycles. The van der Waals surface area contributed by atoms with E-state index in [4.69, 9.17) is 0 Å². The Morgan fingerprint density at radius 3 is 2.46 bits per heavy atom. The maximum atomic E-state index is 12.9. The van der Waals surface area contributed by atoms with Crippen LogP contribution in [0, 0.1) is 5.41 Å². The first-order valence-corrected chi connectivity index (χ1v) is 10.4. The van der Waals surface area contributed by atoms with Crippen molar-refractivity contribution < 1.29 is 4.79 Å². The van der Waals surface area contributed by atoms with Crippen molar-refractivity contribution in [1.29, 1.82) is 0 Å². The molecule has 2 aromatic rings. The van der Waals surface area contributed by atoms with Gasteiger partial charge in [-0.15, -0.1) is 0 Å². The van der Waals surface area contributed by atoms with Crippen molar-refractivity contribution >= 4 is 5.91 Å². The van der Waals surface area contributed by atoms with E-state index in [0.29, 0.717) is 16.9 Å². The van der Waals surface area contributed by atoms with E-state index < -0.39 is 0 Å². The Kier molecular flexibility index (Phi) is 5.44. The summed E-state index contributed by atoms with van der Waals surface area (Å²) >= 11 is 0. The Balaban J connectivity index is 1.42. The van der Waals surface area contributed by atoms with Crippen LogP contribution in [-0.4, -0.2) is 58.9 Å². The molecule has 1 aromatic carbocycles. The van der Waals surface area contributed by atoms with Crippen molar-refractivity contribution in [2.24, 2.45) is 5.41 Å². The van der Waals surface area contributed by atoms with E-state index in [1.54, 1.807) is 12.4 Å². The van der Waals surface area contributed by atoms with Gasteiger partial charge in [-0.2, -0.15) is 0 Å². The summed E-state index contributed by atoms with van der Waals surface area (Å²) in [7, 11) is 2.24. The maximum absolute atomic E-state index is 12.9. The molecule has 5 heteroatoms. The average Bonchev–Trinajstić information content (AvgIpc) is 2.74. The Hall–Kier alpha value is -2.27. The number of carbonyl (C=O) groups is 1. The van der Waals surface area contributed by atoms with Crippen LogP contribution in [0.4, 0.5) is 0 Å². The van der Waals surface area contributed by atoms with E-state index in [1.807, 2.05) is 11.8 Å². The van der Waals surface area contributed by atoms with Gasteiger partial charge in [0.05, 0.1) is 5.56 Å². The SMILES string of the molecule is CCc1ncc(C(=O)N2CCC3(CC2)CC(c2ccccc2)CN(C)C3)cn1. The normalized spacial score (nSPS) is 22.4. The number of likely N-dealkylation sites (tertiary alicyclic amines) is 2. The van der Waals surface area contributed by atoms with Crippen LogP contribution >= 0.6 is 0 Å². The second-order valence-corrected chi connectivity index (χ2v) is 8.54. The number of aryl methyl sites for hydroxylation is 1. The van der Waals surface area contributed by atoms with Crippen molar-refractivity contribution in [3.63, 3.8) is 0 Å². The molecule has 28 heavy (non-hydrogen) atoms. The van der Waals surface area contributed by atoms with E-state index in [9.17, 15) is 4.79 Å². The fourth-order valence-corrected chi connectivity index (χ4v) is 4.99. The van der Waals surface area contributed by atoms with Gasteiger partial charge < -0.3 is 9.80 Å². The van der Waals surface area contributed by atoms with E-state index in [0.717, 1.165) is 51.3 Å². The predicted octanol–water partition coefficient (Wildman–Crippen LogP) is 3.38. The summed E-state index contributed by atoms with van der Waals surface area (Å²) in [5, 5.41) is 0. The standard InChI is InChI=1S/C23H30N4O/c1-3-21-24-14-20(15-25-21)22(28)27-11-9-23(10-12-27)13-19(16-26(2)17-23)18-7-5-4-6-8-18/h4-8,14-15,19H,3,9-13,16-17H2,1-2H3. The number of rotatable bonds is 3. The molecule has 1 amide bonds. The summed E-state index contributed by atoms with van der Waals surface area (Å²) in [6.07, 6.45) is 7.51. The third-order valence-corrected chi connectivity index (χ3v) is 6.47. The molecule has 2 fully saturated rings. The summed E-state index contributed by atoms with van der Waals surface area (Å²) in [6.45, 7) is 5.92. The molecule has 3 heterocycles. The molecule has 0 saturated carbocycles. The van der Waals surface area contributed by atoms with E-state index in [2.05, 4.69) is 52.2 Å². The number of nitrogens with zero attached hydrogens (tertiary/aromatic N) is 4. The van der Waals surface area contributed by atoms with Crippen LogP contribution in [0.3, 0.4) is 0 Å². The summed E-state index contributed by atoms with van der Waals surface area (Å²) in [5.74, 6) is 1.44. The van der Waals surface area contributed by atoms with Gasteiger partial charge in [-0.1, -0.05) is 37.3 Å². The topological polar surface area (TPSA) is 49.3 Å². The lowest BCUT2D eigenvalue weighted by Crippen LogP contribution is -2.51.